The van der Waals surface area contributed by atoms with Gasteiger partial charge in [0.2, 0.25) is 0 Å². The first-order chi connectivity index (χ1) is 15.1. The molecule has 31 heavy (non-hydrogen) atoms. The zero-order valence-corrected chi connectivity index (χ0v) is 18.3. The monoisotopic (exact) mass is 425 g/mol. The van der Waals surface area contributed by atoms with E-state index in [1.54, 1.807) is 6.92 Å². The predicted molar refractivity (Wildman–Crippen MR) is 128 cm³/mol. The molecular formula is C28H24ClNO. The molecule has 1 aliphatic carbocycles. The Labute approximate surface area is 188 Å². The minimum atomic E-state index is 0.0758. The molecule has 0 fully saturated rings. The van der Waals surface area contributed by atoms with E-state index in [0.29, 0.717) is 0 Å². The highest BCUT2D eigenvalue weighted by Crippen LogP contribution is 2.35. The molecule has 0 amide bonds. The third-order valence-corrected chi connectivity index (χ3v) is 6.45. The number of rotatable bonds is 4. The van der Waals surface area contributed by atoms with Crippen molar-refractivity contribution in [2.75, 3.05) is 0 Å². The molecule has 0 radical (unpaired) electrons. The second-order valence-corrected chi connectivity index (χ2v) is 8.68. The molecule has 0 saturated carbocycles. The van der Waals surface area contributed by atoms with Crippen LogP contribution >= 0.6 is 11.6 Å². The number of aromatic nitrogens is 1. The molecule has 0 unspecified atom stereocenters. The fourth-order valence-corrected chi connectivity index (χ4v) is 4.65. The van der Waals surface area contributed by atoms with Crippen LogP contribution in [0.2, 0.25) is 5.02 Å². The summed E-state index contributed by atoms with van der Waals surface area (Å²) in [7, 11) is 0. The predicted octanol–water partition coefficient (Wildman–Crippen LogP) is 7.55. The minimum Gasteiger partial charge on any atom is -0.309 e. The highest BCUT2D eigenvalue weighted by atomic mass is 35.5. The summed E-state index contributed by atoms with van der Waals surface area (Å²) in [5.74, 6) is 0.0758. The molecule has 3 heteroatoms. The summed E-state index contributed by atoms with van der Waals surface area (Å²) < 4.78 is 2.28. The van der Waals surface area contributed by atoms with Crippen LogP contribution in [0, 0.1) is 0 Å². The maximum Gasteiger partial charge on any atom is 0.159 e. The normalized spacial score (nSPS) is 13.1. The molecule has 0 bridgehead atoms. The molecular weight excluding hydrogens is 402 g/mol. The largest absolute Gasteiger partial charge is 0.309 e. The zero-order chi connectivity index (χ0) is 21.4. The average molecular weight is 426 g/mol. The van der Waals surface area contributed by atoms with Crippen LogP contribution in [-0.2, 0) is 12.8 Å². The summed E-state index contributed by atoms with van der Waals surface area (Å²) in [6.45, 7) is 1.60. The summed E-state index contributed by atoms with van der Waals surface area (Å²) in [6.07, 6.45) is 4.88. The number of carbonyl (C=O) groups is 1. The first-order valence-electron chi connectivity index (χ1n) is 10.8. The van der Waals surface area contributed by atoms with Crippen molar-refractivity contribution in [3.05, 3.63) is 101 Å². The van der Waals surface area contributed by atoms with Gasteiger partial charge < -0.3 is 4.57 Å². The van der Waals surface area contributed by atoms with Crippen LogP contribution in [-0.4, -0.2) is 10.4 Å². The lowest BCUT2D eigenvalue weighted by Gasteiger charge is -2.19. The lowest BCUT2D eigenvalue weighted by molar-refractivity contribution is 0.101. The number of fused-ring (bicyclic) bond motifs is 1. The molecule has 3 aromatic carbocycles. The van der Waals surface area contributed by atoms with E-state index < -0.39 is 0 Å². The first-order valence-corrected chi connectivity index (χ1v) is 11.2. The second-order valence-electron chi connectivity index (χ2n) is 8.24. The van der Waals surface area contributed by atoms with E-state index in [2.05, 4.69) is 47.0 Å². The van der Waals surface area contributed by atoms with E-state index in [0.717, 1.165) is 39.6 Å². The Morgan fingerprint density at radius 3 is 2.03 bits per heavy atom. The Balaban J connectivity index is 1.68. The van der Waals surface area contributed by atoms with Crippen molar-refractivity contribution in [3.63, 3.8) is 0 Å². The zero-order valence-electron chi connectivity index (χ0n) is 17.6. The summed E-state index contributed by atoms with van der Waals surface area (Å²) in [5, 5.41) is 0.725. The maximum atomic E-state index is 11.8. The fraction of sp³-hybridized carbons (Fsp3) is 0.179. The van der Waals surface area contributed by atoms with E-state index in [4.69, 9.17) is 11.6 Å². The van der Waals surface area contributed by atoms with Crippen LogP contribution in [0.3, 0.4) is 0 Å². The Bertz CT molecular complexity index is 1250. The van der Waals surface area contributed by atoms with Gasteiger partial charge in [-0.2, -0.15) is 0 Å². The van der Waals surface area contributed by atoms with E-state index >= 15 is 0 Å². The van der Waals surface area contributed by atoms with Gasteiger partial charge in [-0.3, -0.25) is 4.79 Å². The smallest absolute Gasteiger partial charge is 0.159 e. The van der Waals surface area contributed by atoms with Gasteiger partial charge in [0.05, 0.1) is 11.4 Å². The third kappa shape index (κ3) is 3.84. The number of nitrogens with zero attached hydrogens (tertiary/aromatic N) is 1. The molecule has 0 saturated heterocycles. The van der Waals surface area contributed by atoms with Gasteiger partial charge in [-0.25, -0.2) is 0 Å². The van der Waals surface area contributed by atoms with Crippen molar-refractivity contribution in [2.45, 2.75) is 32.6 Å². The summed E-state index contributed by atoms with van der Waals surface area (Å²) in [5.41, 5.74) is 9.27. The first kappa shape index (κ1) is 19.8. The third-order valence-electron chi connectivity index (χ3n) is 6.20. The highest BCUT2D eigenvalue weighted by molar-refractivity contribution is 6.30. The Kier molecular flexibility index (Phi) is 5.25. The van der Waals surface area contributed by atoms with Gasteiger partial charge in [-0.05, 0) is 109 Å². The molecule has 1 heterocycles. The Morgan fingerprint density at radius 2 is 1.35 bits per heavy atom. The number of halogens is 1. The number of aryl methyl sites for hydroxylation is 2. The van der Waals surface area contributed by atoms with E-state index in [9.17, 15) is 4.79 Å². The molecule has 4 aromatic rings. The van der Waals surface area contributed by atoms with Crippen LogP contribution < -0.4 is 0 Å². The molecule has 0 aliphatic heterocycles. The van der Waals surface area contributed by atoms with Crippen LogP contribution in [0.4, 0.5) is 0 Å². The van der Waals surface area contributed by atoms with Crippen LogP contribution in [0.15, 0.2) is 78.9 Å². The Morgan fingerprint density at radius 1 is 0.742 bits per heavy atom. The van der Waals surface area contributed by atoms with Crippen molar-refractivity contribution in [1.82, 2.24) is 4.57 Å². The van der Waals surface area contributed by atoms with E-state index in [1.165, 1.54) is 36.0 Å². The van der Waals surface area contributed by atoms with Gasteiger partial charge in [-0.15, -0.1) is 0 Å². The summed E-state index contributed by atoms with van der Waals surface area (Å²) >= 11 is 6.13. The van der Waals surface area contributed by atoms with Gasteiger partial charge in [0.15, 0.2) is 5.78 Å². The number of hydrogen-bond donors (Lipinski definition) is 0. The van der Waals surface area contributed by atoms with Crippen molar-refractivity contribution < 1.29 is 4.79 Å². The standard InChI is InChI=1S/C28H24ClNO/c1-19(31)20-10-14-26(15-11-20)30-27(22-8-12-25(29)13-9-22)16-17-28(30)24-7-6-21-4-2-3-5-23(21)18-24/h6-18H,2-5H2,1H3. The topological polar surface area (TPSA) is 22.0 Å². The van der Waals surface area contributed by atoms with Crippen molar-refractivity contribution in [1.29, 1.82) is 0 Å². The average Bonchev–Trinajstić information content (AvgIpc) is 3.24. The number of carbonyl (C=O) groups excluding carboxylic acids is 1. The molecule has 1 aliphatic rings. The van der Waals surface area contributed by atoms with Gasteiger partial charge in [0.1, 0.15) is 0 Å². The Hall–Kier alpha value is -3.10. The lowest BCUT2D eigenvalue weighted by Crippen LogP contribution is -2.04. The van der Waals surface area contributed by atoms with Crippen molar-refractivity contribution >= 4 is 17.4 Å². The summed E-state index contributed by atoms with van der Waals surface area (Å²) in [4.78, 5) is 11.8. The maximum absolute atomic E-state index is 11.8. The number of ketones is 1. The molecule has 1 aromatic heterocycles. The molecule has 0 atom stereocenters. The van der Waals surface area contributed by atoms with Crippen LogP contribution in [0.5, 0.6) is 0 Å². The number of benzene rings is 3. The SMILES string of the molecule is CC(=O)c1ccc(-n2c(-c3ccc(Cl)cc3)ccc2-c2ccc3c(c2)CCCC3)cc1. The number of hydrogen-bond acceptors (Lipinski definition) is 1. The summed E-state index contributed by atoms with van der Waals surface area (Å²) in [6, 6.07) is 27.0. The quantitative estimate of drug-likeness (QED) is 0.309. The number of Topliss-reactive ketones (excluding diaryl/α,β-unsaturated/α-hetero) is 1. The van der Waals surface area contributed by atoms with Gasteiger partial charge >= 0.3 is 0 Å². The van der Waals surface area contributed by atoms with Crippen molar-refractivity contribution in [3.8, 4) is 28.2 Å². The second kappa shape index (κ2) is 8.20. The van der Waals surface area contributed by atoms with Gasteiger partial charge in [-0.1, -0.05) is 35.9 Å². The van der Waals surface area contributed by atoms with Crippen LogP contribution in [0.25, 0.3) is 28.2 Å². The van der Waals surface area contributed by atoms with Gasteiger partial charge in [0.25, 0.3) is 0 Å². The van der Waals surface area contributed by atoms with E-state index in [1.807, 2.05) is 36.4 Å². The highest BCUT2D eigenvalue weighted by Gasteiger charge is 2.16. The molecule has 0 N–H and O–H groups in total. The molecule has 5 rings (SSSR count). The fourth-order valence-electron chi connectivity index (χ4n) is 4.52. The van der Waals surface area contributed by atoms with Crippen LogP contribution in [0.1, 0.15) is 41.3 Å². The molecule has 0 spiro atoms. The van der Waals surface area contributed by atoms with E-state index in [-0.39, 0.29) is 5.78 Å². The van der Waals surface area contributed by atoms with Crippen molar-refractivity contribution in [2.24, 2.45) is 0 Å². The molecule has 2 nitrogen and oxygen atoms in total. The molecule has 154 valence electrons. The lowest BCUT2D eigenvalue weighted by atomic mass is 9.90. The van der Waals surface area contributed by atoms with Gasteiger partial charge in [0, 0.05) is 16.3 Å². The minimum absolute atomic E-state index is 0.0758.